The van der Waals surface area contributed by atoms with Gasteiger partial charge >= 0.3 is 5.97 Å². The van der Waals surface area contributed by atoms with Crippen LogP contribution in [0.25, 0.3) is 0 Å². The minimum absolute atomic E-state index is 0.00618. The zero-order valence-electron chi connectivity index (χ0n) is 28.0. The van der Waals surface area contributed by atoms with Crippen molar-refractivity contribution < 1.29 is 33.4 Å². The number of nitrogens with zero attached hydrogens (tertiary/aromatic N) is 1. The molecule has 1 unspecified atom stereocenters. The van der Waals surface area contributed by atoms with E-state index in [1.807, 2.05) is 51.1 Å². The van der Waals surface area contributed by atoms with Gasteiger partial charge in [0.2, 0.25) is 0 Å². The summed E-state index contributed by atoms with van der Waals surface area (Å²) < 4.78 is 27.1. The van der Waals surface area contributed by atoms with Crippen molar-refractivity contribution in [3.8, 4) is 0 Å². The van der Waals surface area contributed by atoms with Crippen molar-refractivity contribution >= 4 is 20.0 Å². The molecule has 4 bridgehead atoms. The van der Waals surface area contributed by atoms with Gasteiger partial charge in [0.1, 0.15) is 11.7 Å². The summed E-state index contributed by atoms with van der Waals surface area (Å²) >= 11 is 0. The van der Waals surface area contributed by atoms with E-state index in [0.717, 1.165) is 29.4 Å². The minimum Gasteiger partial charge on any atom is -0.459 e. The predicted molar refractivity (Wildman–Crippen MR) is 170 cm³/mol. The first-order valence-electron chi connectivity index (χ1n) is 16.5. The third-order valence-corrected chi connectivity index (χ3v) is 15.5. The first kappa shape index (κ1) is 34.1. The molecule has 43 heavy (non-hydrogen) atoms. The van der Waals surface area contributed by atoms with Gasteiger partial charge < -0.3 is 28.6 Å². The summed E-state index contributed by atoms with van der Waals surface area (Å²) in [7, 11) is -2.13. The van der Waals surface area contributed by atoms with E-state index in [0.29, 0.717) is 12.8 Å². The summed E-state index contributed by atoms with van der Waals surface area (Å²) in [5.41, 5.74) is -0.361. The van der Waals surface area contributed by atoms with E-state index < -0.39 is 56.0 Å². The van der Waals surface area contributed by atoms with Gasteiger partial charge in [0.05, 0.1) is 29.4 Å². The fraction of sp³-hybridized carbons (Fsp3) is 0.765. The summed E-state index contributed by atoms with van der Waals surface area (Å²) in [4.78, 5) is 19.8. The number of hydrogen-bond donors (Lipinski definition) is 1. The molecule has 1 N–H and O–H groups in total. The summed E-state index contributed by atoms with van der Waals surface area (Å²) in [6.07, 6.45) is -1.85. The summed E-state index contributed by atoms with van der Waals surface area (Å²) in [5.74, 6) is -1.39. The van der Waals surface area contributed by atoms with Gasteiger partial charge in [-0.2, -0.15) is 0 Å². The van der Waals surface area contributed by atoms with Gasteiger partial charge in [-0.25, -0.2) is 0 Å². The largest absolute Gasteiger partial charge is 0.459 e. The Morgan fingerprint density at radius 1 is 0.953 bits per heavy atom. The highest BCUT2D eigenvalue weighted by atomic mass is 28.4. The van der Waals surface area contributed by atoms with Crippen LogP contribution in [0.4, 0.5) is 0 Å². The van der Waals surface area contributed by atoms with Crippen LogP contribution in [0.15, 0.2) is 35.5 Å². The Morgan fingerprint density at radius 3 is 2.16 bits per heavy atom. The van der Waals surface area contributed by atoms with E-state index in [9.17, 15) is 9.90 Å². The molecule has 2 fully saturated rings. The maximum absolute atomic E-state index is 13.8. The normalized spacial score (nSPS) is 40.7. The molecule has 0 aliphatic carbocycles. The lowest BCUT2D eigenvalue weighted by molar-refractivity contribution is -0.309. The van der Waals surface area contributed by atoms with Crippen molar-refractivity contribution in [2.75, 3.05) is 0 Å². The molecule has 0 radical (unpaired) electrons. The van der Waals surface area contributed by atoms with Crippen molar-refractivity contribution in [1.82, 2.24) is 0 Å². The zero-order chi connectivity index (χ0) is 31.7. The molecule has 2 saturated heterocycles. The number of carbonyl (C=O) groups is 1. The molecule has 3 heterocycles. The number of cyclic esters (lactones) is 1. The molecule has 1 aromatic rings. The van der Waals surface area contributed by atoms with Crippen LogP contribution in [0.2, 0.25) is 18.1 Å². The minimum atomic E-state index is -2.13. The lowest BCUT2D eigenvalue weighted by Crippen LogP contribution is -2.61. The quantitative estimate of drug-likeness (QED) is 0.259. The van der Waals surface area contributed by atoms with Crippen LogP contribution in [-0.2, 0) is 28.3 Å². The second kappa shape index (κ2) is 13.3. The second-order valence-electron chi connectivity index (χ2n) is 13.7. The summed E-state index contributed by atoms with van der Waals surface area (Å²) in [5, 5.41) is 16.4. The fourth-order valence-corrected chi connectivity index (χ4v) is 11.1. The van der Waals surface area contributed by atoms with E-state index in [1.165, 1.54) is 0 Å². The third-order valence-electron chi connectivity index (χ3n) is 10.7. The molecular formula is C34H55NO7Si. The van der Waals surface area contributed by atoms with Crippen molar-refractivity contribution in [3.05, 3.63) is 35.9 Å². The molecule has 3 aliphatic rings. The Hall–Kier alpha value is -1.78. The summed E-state index contributed by atoms with van der Waals surface area (Å²) in [6.45, 7) is 20.7. The Kier molecular flexibility index (Phi) is 10.5. The molecule has 11 atom stereocenters. The van der Waals surface area contributed by atoms with Gasteiger partial charge in [-0.15, -0.1) is 0 Å². The molecule has 0 saturated carbocycles. The number of ether oxygens (including phenoxy) is 3. The molecule has 9 heteroatoms. The van der Waals surface area contributed by atoms with Crippen LogP contribution >= 0.6 is 0 Å². The first-order valence-corrected chi connectivity index (χ1v) is 19.0. The van der Waals surface area contributed by atoms with Gasteiger partial charge in [-0.05, 0) is 51.7 Å². The molecule has 0 amide bonds. The fourth-order valence-electron chi connectivity index (χ4n) is 7.94. The number of oxime groups is 1. The van der Waals surface area contributed by atoms with Crippen LogP contribution in [0.5, 0.6) is 0 Å². The predicted octanol–water partition coefficient (Wildman–Crippen LogP) is 7.03. The number of aliphatic hydroxyl groups is 1. The topological polar surface area (TPSA) is 95.8 Å². The van der Waals surface area contributed by atoms with Gasteiger partial charge in [-0.3, -0.25) is 4.79 Å². The second-order valence-corrected chi connectivity index (χ2v) is 18.4. The standard InChI is InChI=1S/C34H55NO7Si/c1-11-26-34(10,37)30-22(6)27(35-41-30)21(5)20-33(9,42-43(12-2,13-3)14-4)29-23(7)28(24(8)31(36)38-26)39-32(40-29)25-18-16-15-17-19-25/h15-19,21-24,26,28-30,32,37H,11-14,20H2,1-10H3/t21-,22+,23-,24-,26-,28+,29-,30?,32-,33-,34-/m1/s1. The number of carbonyl (C=O) groups excluding carboxylic acids is 1. The SMILES string of the molecule is CC[C@H]1OC(=O)[C@H](C)[C@H]2O[C@@H](c3ccccc3)O[C@H]([C@@H]2C)[C@](C)(O[Si](CC)(CC)CC)C[C@@H](C)C2=NOC([C@H]2C)[C@]1(C)O. The van der Waals surface area contributed by atoms with Crippen LogP contribution < -0.4 is 0 Å². The van der Waals surface area contributed by atoms with E-state index in [1.54, 1.807) is 6.92 Å². The Morgan fingerprint density at radius 2 is 1.58 bits per heavy atom. The van der Waals surface area contributed by atoms with E-state index in [-0.39, 0.29) is 23.9 Å². The number of benzene rings is 1. The van der Waals surface area contributed by atoms with Crippen molar-refractivity contribution in [1.29, 1.82) is 0 Å². The van der Waals surface area contributed by atoms with Crippen LogP contribution in [0, 0.1) is 23.7 Å². The molecule has 242 valence electrons. The maximum Gasteiger partial charge on any atom is 0.311 e. The molecular weight excluding hydrogens is 562 g/mol. The summed E-state index contributed by atoms with van der Waals surface area (Å²) in [6, 6.07) is 12.9. The number of esters is 1. The highest BCUT2D eigenvalue weighted by Crippen LogP contribution is 2.47. The highest BCUT2D eigenvalue weighted by Gasteiger charge is 2.56. The van der Waals surface area contributed by atoms with E-state index in [2.05, 4.69) is 46.7 Å². The monoisotopic (exact) mass is 617 g/mol. The lowest BCUT2D eigenvalue weighted by atomic mass is 9.73. The molecule has 4 rings (SSSR count). The molecule has 3 aliphatic heterocycles. The lowest BCUT2D eigenvalue weighted by Gasteiger charge is -2.53. The van der Waals surface area contributed by atoms with E-state index in [4.69, 9.17) is 23.5 Å². The van der Waals surface area contributed by atoms with Crippen LogP contribution in [0.3, 0.4) is 0 Å². The average molecular weight is 618 g/mol. The van der Waals surface area contributed by atoms with Crippen molar-refractivity contribution in [3.63, 3.8) is 0 Å². The van der Waals surface area contributed by atoms with Crippen LogP contribution in [0.1, 0.15) is 93.9 Å². The Labute approximate surface area is 260 Å². The van der Waals surface area contributed by atoms with Gasteiger partial charge in [0.15, 0.2) is 20.7 Å². The third kappa shape index (κ3) is 6.48. The smallest absolute Gasteiger partial charge is 0.311 e. The van der Waals surface area contributed by atoms with E-state index >= 15 is 0 Å². The zero-order valence-corrected chi connectivity index (χ0v) is 29.0. The number of rotatable bonds is 7. The van der Waals surface area contributed by atoms with Crippen LogP contribution in [-0.4, -0.2) is 60.7 Å². The van der Waals surface area contributed by atoms with Gasteiger partial charge in [-0.1, -0.05) is 84.0 Å². The Bertz CT molecular complexity index is 1120. The van der Waals surface area contributed by atoms with Crippen molar-refractivity contribution in [2.24, 2.45) is 28.8 Å². The number of fused-ring (bicyclic) bond motifs is 4. The molecule has 0 spiro atoms. The Balaban J connectivity index is 1.87. The molecule has 1 aromatic carbocycles. The maximum atomic E-state index is 13.8. The molecule has 0 aromatic heterocycles. The first-order chi connectivity index (χ1) is 20.3. The number of hydrogen-bond acceptors (Lipinski definition) is 8. The van der Waals surface area contributed by atoms with Crippen molar-refractivity contribution in [2.45, 2.75) is 142 Å². The average Bonchev–Trinajstić information content (AvgIpc) is 3.40. The van der Waals surface area contributed by atoms with Gasteiger partial charge in [0.25, 0.3) is 0 Å². The highest BCUT2D eigenvalue weighted by molar-refractivity contribution is 6.73. The van der Waals surface area contributed by atoms with Gasteiger partial charge in [0, 0.05) is 23.3 Å². The molecule has 8 nitrogen and oxygen atoms in total.